The van der Waals surface area contributed by atoms with Crippen molar-refractivity contribution >= 4 is 5.97 Å². The van der Waals surface area contributed by atoms with Crippen molar-refractivity contribution in [3.05, 3.63) is 23.8 Å². The average molecular weight is 264 g/mol. The molecule has 0 saturated heterocycles. The largest absolute Gasteiger partial charge is 0.493 e. The van der Waals surface area contributed by atoms with Gasteiger partial charge in [0.15, 0.2) is 11.5 Å². The smallest absolute Gasteiger partial charge is 0.308 e. The predicted octanol–water partition coefficient (Wildman–Crippen LogP) is 2.45. The zero-order valence-corrected chi connectivity index (χ0v) is 11.6. The van der Waals surface area contributed by atoms with E-state index >= 15 is 0 Å². The minimum Gasteiger partial charge on any atom is -0.493 e. The molecule has 0 aliphatic heterocycles. The van der Waals surface area contributed by atoms with Crippen LogP contribution in [0.25, 0.3) is 0 Å². The molecule has 0 N–H and O–H groups in total. The predicted molar refractivity (Wildman–Crippen MR) is 71.5 cm³/mol. The van der Waals surface area contributed by atoms with Crippen molar-refractivity contribution in [2.45, 2.75) is 19.3 Å². The Hall–Kier alpha value is -1.71. The Bertz CT molecular complexity index is 455. The van der Waals surface area contributed by atoms with E-state index < -0.39 is 0 Å². The van der Waals surface area contributed by atoms with Crippen LogP contribution in [0.15, 0.2) is 18.2 Å². The van der Waals surface area contributed by atoms with E-state index in [2.05, 4.69) is 0 Å². The lowest BCUT2D eigenvalue weighted by atomic mass is 10.1. The van der Waals surface area contributed by atoms with Gasteiger partial charge in [-0.3, -0.25) is 4.79 Å². The number of esters is 1. The molecule has 1 aliphatic carbocycles. The Balaban J connectivity index is 1.89. The average Bonchev–Trinajstić information content (AvgIpc) is 3.23. The van der Waals surface area contributed by atoms with Crippen LogP contribution < -0.4 is 9.47 Å². The second-order valence-corrected chi connectivity index (χ2v) is 4.85. The minimum atomic E-state index is -0.0719. The van der Waals surface area contributed by atoms with E-state index in [0.29, 0.717) is 5.92 Å². The number of benzene rings is 1. The summed E-state index contributed by atoms with van der Waals surface area (Å²) in [4.78, 5) is 11.3. The lowest BCUT2D eigenvalue weighted by Crippen LogP contribution is -2.04. The molecule has 0 heterocycles. The molecule has 1 aromatic rings. The number of carbonyl (C=O) groups excluding carboxylic acids is 1. The van der Waals surface area contributed by atoms with Gasteiger partial charge < -0.3 is 14.2 Å². The summed E-state index contributed by atoms with van der Waals surface area (Å²) in [6.45, 7) is 0. The molecule has 4 heteroatoms. The summed E-state index contributed by atoms with van der Waals surface area (Å²) in [5.41, 5.74) is 1.20. The van der Waals surface area contributed by atoms with E-state index in [9.17, 15) is 4.79 Å². The van der Waals surface area contributed by atoms with E-state index in [4.69, 9.17) is 14.2 Å². The third kappa shape index (κ3) is 3.19. The summed E-state index contributed by atoms with van der Waals surface area (Å²) in [5, 5.41) is 0. The molecule has 104 valence electrons. The molecule has 0 bridgehead atoms. The highest BCUT2D eigenvalue weighted by atomic mass is 16.5. The SMILES string of the molecule is COC(=O)C1CC1CCc1ccc(OC)c(OC)c1. The standard InChI is InChI=1S/C15H20O4/c1-17-13-7-5-10(8-14(13)18-2)4-6-11-9-12(11)15(16)19-3/h5,7-8,11-12H,4,6,9H2,1-3H3. The summed E-state index contributed by atoms with van der Waals surface area (Å²) in [6, 6.07) is 5.95. The van der Waals surface area contributed by atoms with Gasteiger partial charge in [0.2, 0.25) is 0 Å². The molecule has 0 radical (unpaired) electrons. The van der Waals surface area contributed by atoms with Gasteiger partial charge in [-0.2, -0.15) is 0 Å². The molecule has 0 aromatic heterocycles. The summed E-state index contributed by atoms with van der Waals surface area (Å²) >= 11 is 0. The highest BCUT2D eigenvalue weighted by molar-refractivity contribution is 5.75. The van der Waals surface area contributed by atoms with Gasteiger partial charge in [0, 0.05) is 0 Å². The fourth-order valence-corrected chi connectivity index (χ4v) is 2.39. The first-order chi connectivity index (χ1) is 9.19. The molecule has 19 heavy (non-hydrogen) atoms. The highest BCUT2D eigenvalue weighted by Gasteiger charge is 2.43. The molecule has 1 saturated carbocycles. The zero-order chi connectivity index (χ0) is 13.8. The van der Waals surface area contributed by atoms with E-state index in [1.54, 1.807) is 14.2 Å². The summed E-state index contributed by atoms with van der Waals surface area (Å²) in [7, 11) is 4.71. The van der Waals surface area contributed by atoms with Crippen molar-refractivity contribution < 1.29 is 19.0 Å². The molecule has 2 unspecified atom stereocenters. The third-order valence-electron chi connectivity index (χ3n) is 3.68. The zero-order valence-electron chi connectivity index (χ0n) is 11.6. The lowest BCUT2D eigenvalue weighted by Gasteiger charge is -2.09. The van der Waals surface area contributed by atoms with Crippen molar-refractivity contribution in [2.75, 3.05) is 21.3 Å². The Morgan fingerprint density at radius 2 is 1.95 bits per heavy atom. The van der Waals surface area contributed by atoms with Gasteiger partial charge in [-0.25, -0.2) is 0 Å². The van der Waals surface area contributed by atoms with Gasteiger partial charge in [0.05, 0.1) is 27.2 Å². The van der Waals surface area contributed by atoms with Crippen molar-refractivity contribution in [1.29, 1.82) is 0 Å². The second kappa shape index (κ2) is 5.95. The molecule has 1 aliphatic rings. The van der Waals surface area contributed by atoms with Crippen LogP contribution in [-0.4, -0.2) is 27.3 Å². The monoisotopic (exact) mass is 264 g/mol. The first-order valence-electron chi connectivity index (χ1n) is 6.48. The van der Waals surface area contributed by atoms with Crippen LogP contribution in [-0.2, 0) is 16.0 Å². The van der Waals surface area contributed by atoms with Crippen molar-refractivity contribution in [3.63, 3.8) is 0 Å². The summed E-state index contributed by atoms with van der Waals surface area (Å²) in [5.74, 6) is 2.01. The Morgan fingerprint density at radius 1 is 1.21 bits per heavy atom. The van der Waals surface area contributed by atoms with Crippen LogP contribution in [0.5, 0.6) is 11.5 Å². The van der Waals surface area contributed by atoms with Crippen LogP contribution in [0, 0.1) is 11.8 Å². The van der Waals surface area contributed by atoms with Crippen LogP contribution in [0.3, 0.4) is 0 Å². The fourth-order valence-electron chi connectivity index (χ4n) is 2.39. The number of ether oxygens (including phenoxy) is 3. The van der Waals surface area contributed by atoms with Gasteiger partial charge in [-0.05, 0) is 42.9 Å². The molecule has 1 fully saturated rings. The first-order valence-corrected chi connectivity index (χ1v) is 6.48. The Morgan fingerprint density at radius 3 is 2.58 bits per heavy atom. The minimum absolute atomic E-state index is 0.0719. The van der Waals surface area contributed by atoms with E-state index in [0.717, 1.165) is 30.8 Å². The van der Waals surface area contributed by atoms with Crippen molar-refractivity contribution in [1.82, 2.24) is 0 Å². The van der Waals surface area contributed by atoms with Gasteiger partial charge >= 0.3 is 5.97 Å². The molecule has 2 rings (SSSR count). The second-order valence-electron chi connectivity index (χ2n) is 4.85. The maximum atomic E-state index is 11.3. The lowest BCUT2D eigenvalue weighted by molar-refractivity contribution is -0.142. The number of rotatable bonds is 6. The number of methoxy groups -OCH3 is 3. The van der Waals surface area contributed by atoms with Crippen LogP contribution in [0.2, 0.25) is 0 Å². The van der Waals surface area contributed by atoms with Gasteiger partial charge in [0.25, 0.3) is 0 Å². The van der Waals surface area contributed by atoms with Crippen LogP contribution in [0.1, 0.15) is 18.4 Å². The van der Waals surface area contributed by atoms with E-state index in [1.165, 1.54) is 12.7 Å². The molecule has 1 aromatic carbocycles. The van der Waals surface area contributed by atoms with Crippen molar-refractivity contribution in [2.24, 2.45) is 11.8 Å². The molecule has 0 spiro atoms. The summed E-state index contributed by atoms with van der Waals surface area (Å²) < 4.78 is 15.2. The van der Waals surface area contributed by atoms with Gasteiger partial charge in [-0.1, -0.05) is 6.07 Å². The topological polar surface area (TPSA) is 44.8 Å². The number of hydrogen-bond donors (Lipinski definition) is 0. The molecule has 0 amide bonds. The molecular formula is C15H20O4. The maximum Gasteiger partial charge on any atom is 0.308 e. The number of carbonyl (C=O) groups is 1. The van der Waals surface area contributed by atoms with Crippen molar-refractivity contribution in [3.8, 4) is 11.5 Å². The van der Waals surface area contributed by atoms with E-state index in [-0.39, 0.29) is 11.9 Å². The van der Waals surface area contributed by atoms with Gasteiger partial charge in [-0.15, -0.1) is 0 Å². The number of hydrogen-bond acceptors (Lipinski definition) is 4. The Labute approximate surface area is 113 Å². The third-order valence-corrected chi connectivity index (χ3v) is 3.68. The number of aryl methyl sites for hydroxylation is 1. The maximum absolute atomic E-state index is 11.3. The summed E-state index contributed by atoms with van der Waals surface area (Å²) in [6.07, 6.45) is 2.91. The fraction of sp³-hybridized carbons (Fsp3) is 0.533. The quantitative estimate of drug-likeness (QED) is 0.740. The molecular weight excluding hydrogens is 244 g/mol. The van der Waals surface area contributed by atoms with Crippen LogP contribution >= 0.6 is 0 Å². The molecule has 2 atom stereocenters. The van der Waals surface area contributed by atoms with Gasteiger partial charge in [0.1, 0.15) is 0 Å². The van der Waals surface area contributed by atoms with Crippen LogP contribution in [0.4, 0.5) is 0 Å². The van der Waals surface area contributed by atoms with E-state index in [1.807, 2.05) is 18.2 Å². The Kier molecular flexibility index (Phi) is 4.30. The molecule has 4 nitrogen and oxygen atoms in total. The first kappa shape index (κ1) is 13.7. The normalized spacial score (nSPS) is 20.8. The highest BCUT2D eigenvalue weighted by Crippen LogP contribution is 2.43.